The Kier molecular flexibility index (Phi) is 1.64. The second kappa shape index (κ2) is 2.90. The average molecular weight is 212 g/mol. The van der Waals surface area contributed by atoms with E-state index in [0.29, 0.717) is 12.2 Å². The lowest BCUT2D eigenvalue weighted by Crippen LogP contribution is -1.95. The molecule has 2 aliphatic rings. The Bertz CT molecular complexity index is 525. The largest absolute Gasteiger partial charge is 0.454 e. The fraction of sp³-hybridized carbons (Fsp3) is 0.333. The minimum absolute atomic E-state index is 0.0111. The van der Waals surface area contributed by atoms with E-state index in [1.165, 1.54) is 0 Å². The molecule has 1 heterocycles. The zero-order valence-corrected chi connectivity index (χ0v) is 8.43. The molecule has 1 fully saturated rings. The first-order chi connectivity index (χ1) is 7.79. The molecule has 0 bridgehead atoms. The first kappa shape index (κ1) is 9.06. The van der Waals surface area contributed by atoms with Gasteiger partial charge in [-0.2, -0.15) is 10.5 Å². The lowest BCUT2D eigenvalue weighted by Gasteiger charge is -2.01. The van der Waals surface area contributed by atoms with Crippen molar-refractivity contribution in [2.24, 2.45) is 5.41 Å². The highest BCUT2D eigenvalue weighted by molar-refractivity contribution is 5.49. The number of rotatable bonds is 1. The van der Waals surface area contributed by atoms with Gasteiger partial charge in [-0.05, 0) is 24.1 Å². The fourth-order valence-electron chi connectivity index (χ4n) is 2.07. The van der Waals surface area contributed by atoms with Crippen LogP contribution in [0.25, 0.3) is 0 Å². The van der Waals surface area contributed by atoms with Crippen LogP contribution < -0.4 is 9.47 Å². The van der Waals surface area contributed by atoms with Crippen molar-refractivity contribution in [1.82, 2.24) is 0 Å². The van der Waals surface area contributed by atoms with E-state index >= 15 is 0 Å². The van der Waals surface area contributed by atoms with E-state index < -0.39 is 5.41 Å². The van der Waals surface area contributed by atoms with Gasteiger partial charge >= 0.3 is 0 Å². The molecule has 1 unspecified atom stereocenters. The van der Waals surface area contributed by atoms with Crippen LogP contribution in [0.2, 0.25) is 0 Å². The third kappa shape index (κ3) is 1.07. The molecule has 0 N–H and O–H groups in total. The number of nitriles is 2. The van der Waals surface area contributed by atoms with Gasteiger partial charge in [-0.3, -0.25) is 0 Å². The third-order valence-electron chi connectivity index (χ3n) is 3.16. The van der Waals surface area contributed by atoms with Gasteiger partial charge in [-0.15, -0.1) is 0 Å². The zero-order valence-electron chi connectivity index (χ0n) is 8.43. The average Bonchev–Trinajstić information content (AvgIpc) is 2.89. The van der Waals surface area contributed by atoms with Crippen molar-refractivity contribution in [3.05, 3.63) is 23.8 Å². The third-order valence-corrected chi connectivity index (χ3v) is 3.16. The standard InChI is InChI=1S/C12H8N2O2/c13-5-12(6-14)4-9(12)8-1-2-10-11(3-8)16-7-15-10/h1-3,9H,4,7H2. The minimum Gasteiger partial charge on any atom is -0.454 e. The summed E-state index contributed by atoms with van der Waals surface area (Å²) in [5.74, 6) is 1.44. The van der Waals surface area contributed by atoms with Crippen LogP contribution in [0.4, 0.5) is 0 Å². The van der Waals surface area contributed by atoms with Gasteiger partial charge in [0.2, 0.25) is 6.79 Å². The molecular weight excluding hydrogens is 204 g/mol. The van der Waals surface area contributed by atoms with Gasteiger partial charge in [-0.1, -0.05) is 6.07 Å². The molecule has 0 radical (unpaired) electrons. The van der Waals surface area contributed by atoms with Gasteiger partial charge in [0.15, 0.2) is 16.9 Å². The van der Waals surface area contributed by atoms with E-state index in [-0.39, 0.29) is 12.7 Å². The van der Waals surface area contributed by atoms with Crippen LogP contribution in [0.1, 0.15) is 17.9 Å². The molecule has 4 heteroatoms. The Labute approximate surface area is 92.6 Å². The summed E-state index contributed by atoms with van der Waals surface area (Å²) in [4.78, 5) is 0. The Balaban J connectivity index is 1.94. The van der Waals surface area contributed by atoms with Crippen molar-refractivity contribution < 1.29 is 9.47 Å². The number of hydrogen-bond acceptors (Lipinski definition) is 4. The van der Waals surface area contributed by atoms with E-state index in [4.69, 9.17) is 20.0 Å². The van der Waals surface area contributed by atoms with Crippen molar-refractivity contribution in [3.8, 4) is 23.6 Å². The number of hydrogen-bond donors (Lipinski definition) is 0. The fourth-order valence-corrected chi connectivity index (χ4v) is 2.07. The van der Waals surface area contributed by atoms with E-state index in [1.54, 1.807) is 0 Å². The smallest absolute Gasteiger partial charge is 0.231 e. The molecule has 1 saturated carbocycles. The van der Waals surface area contributed by atoms with Crippen molar-refractivity contribution >= 4 is 0 Å². The molecule has 0 saturated heterocycles. The molecular formula is C12H8N2O2. The van der Waals surface area contributed by atoms with E-state index in [9.17, 15) is 0 Å². The highest BCUT2D eigenvalue weighted by atomic mass is 16.7. The highest BCUT2D eigenvalue weighted by Crippen LogP contribution is 2.59. The molecule has 3 rings (SSSR count). The molecule has 0 amide bonds. The van der Waals surface area contributed by atoms with Gasteiger partial charge in [0.25, 0.3) is 0 Å². The summed E-state index contributed by atoms with van der Waals surface area (Å²) in [7, 11) is 0. The summed E-state index contributed by atoms with van der Waals surface area (Å²) in [5, 5.41) is 17.9. The second-order valence-electron chi connectivity index (χ2n) is 4.06. The van der Waals surface area contributed by atoms with Crippen LogP contribution >= 0.6 is 0 Å². The molecule has 1 aromatic carbocycles. The number of fused-ring (bicyclic) bond motifs is 1. The lowest BCUT2D eigenvalue weighted by molar-refractivity contribution is 0.174. The minimum atomic E-state index is -0.826. The van der Waals surface area contributed by atoms with E-state index in [2.05, 4.69) is 12.1 Å². The maximum atomic E-state index is 8.95. The molecule has 78 valence electrons. The molecule has 1 aromatic rings. The molecule has 1 aliphatic heterocycles. The van der Waals surface area contributed by atoms with Crippen LogP contribution in [-0.2, 0) is 0 Å². The predicted octanol–water partition coefficient (Wildman–Crippen LogP) is 1.94. The Morgan fingerprint density at radius 1 is 1.19 bits per heavy atom. The van der Waals surface area contributed by atoms with Gasteiger partial charge in [0.1, 0.15) is 0 Å². The van der Waals surface area contributed by atoms with E-state index in [0.717, 1.165) is 11.3 Å². The topological polar surface area (TPSA) is 66.0 Å². The maximum absolute atomic E-state index is 8.95. The molecule has 0 spiro atoms. The monoisotopic (exact) mass is 212 g/mol. The number of nitrogens with zero attached hydrogens (tertiary/aromatic N) is 2. The number of benzene rings is 1. The summed E-state index contributed by atoms with van der Waals surface area (Å²) >= 11 is 0. The summed E-state index contributed by atoms with van der Waals surface area (Å²) < 4.78 is 10.5. The number of ether oxygens (including phenoxy) is 2. The second-order valence-corrected chi connectivity index (χ2v) is 4.06. The van der Waals surface area contributed by atoms with Crippen molar-refractivity contribution in [2.75, 3.05) is 6.79 Å². The van der Waals surface area contributed by atoms with Crippen LogP contribution in [0.15, 0.2) is 18.2 Å². The SMILES string of the molecule is N#CC1(C#N)CC1c1ccc2c(c1)OCO2. The van der Waals surface area contributed by atoms with Crippen LogP contribution in [0.5, 0.6) is 11.5 Å². The molecule has 4 nitrogen and oxygen atoms in total. The normalized spacial score (nSPS) is 23.2. The predicted molar refractivity (Wildman–Crippen MR) is 53.6 cm³/mol. The summed E-state index contributed by atoms with van der Waals surface area (Å²) in [6.45, 7) is 0.241. The van der Waals surface area contributed by atoms with E-state index in [1.807, 2.05) is 18.2 Å². The highest BCUT2D eigenvalue weighted by Gasteiger charge is 2.56. The van der Waals surface area contributed by atoms with Gasteiger partial charge in [0, 0.05) is 5.92 Å². The summed E-state index contributed by atoms with van der Waals surface area (Å²) in [6.07, 6.45) is 0.611. The lowest BCUT2D eigenvalue weighted by atomic mass is 10.0. The van der Waals surface area contributed by atoms with Crippen LogP contribution in [0.3, 0.4) is 0 Å². The molecule has 16 heavy (non-hydrogen) atoms. The first-order valence-electron chi connectivity index (χ1n) is 5.01. The van der Waals surface area contributed by atoms with Crippen molar-refractivity contribution in [3.63, 3.8) is 0 Å². The first-order valence-corrected chi connectivity index (χ1v) is 5.01. The maximum Gasteiger partial charge on any atom is 0.231 e. The summed E-state index contributed by atoms with van der Waals surface area (Å²) in [5.41, 5.74) is 0.153. The molecule has 1 aliphatic carbocycles. The van der Waals surface area contributed by atoms with Gasteiger partial charge in [0.05, 0.1) is 12.1 Å². The van der Waals surface area contributed by atoms with Gasteiger partial charge < -0.3 is 9.47 Å². The zero-order chi connectivity index (χ0) is 11.2. The molecule has 1 atom stereocenters. The quantitative estimate of drug-likeness (QED) is 0.713. The Hall–Kier alpha value is -2.20. The Morgan fingerprint density at radius 3 is 2.62 bits per heavy atom. The molecule has 0 aromatic heterocycles. The summed E-state index contributed by atoms with van der Waals surface area (Å²) in [6, 6.07) is 9.76. The van der Waals surface area contributed by atoms with Crippen LogP contribution in [-0.4, -0.2) is 6.79 Å². The van der Waals surface area contributed by atoms with Gasteiger partial charge in [-0.25, -0.2) is 0 Å². The van der Waals surface area contributed by atoms with Crippen LogP contribution in [0, 0.1) is 28.1 Å². The van der Waals surface area contributed by atoms with Crippen molar-refractivity contribution in [1.29, 1.82) is 10.5 Å². The Morgan fingerprint density at radius 2 is 1.94 bits per heavy atom. The van der Waals surface area contributed by atoms with Crippen molar-refractivity contribution in [2.45, 2.75) is 12.3 Å².